The van der Waals surface area contributed by atoms with Gasteiger partial charge in [-0.2, -0.15) is 0 Å². The van der Waals surface area contributed by atoms with Crippen molar-refractivity contribution >= 4 is 19.7 Å². The molecule has 1 aliphatic carbocycles. The Balaban J connectivity index is 1.98. The molecule has 0 aromatic heterocycles. The van der Waals surface area contributed by atoms with Crippen LogP contribution < -0.4 is 5.73 Å². The first-order valence-electron chi connectivity index (χ1n) is 8.09. The van der Waals surface area contributed by atoms with Gasteiger partial charge in [0, 0.05) is 12.5 Å². The highest BCUT2D eigenvalue weighted by molar-refractivity contribution is 8.09. The molecule has 1 heterocycles. The van der Waals surface area contributed by atoms with Crippen LogP contribution in [0.25, 0.3) is 0 Å². The molecule has 2 fully saturated rings. The molecule has 2 atom stereocenters. The monoisotopic (exact) mass is 353 g/mol. The van der Waals surface area contributed by atoms with Gasteiger partial charge < -0.3 is 10.8 Å². The molecule has 2 rings (SSSR count). The summed E-state index contributed by atoms with van der Waals surface area (Å²) in [5, 5.41) is 10.2. The van der Waals surface area contributed by atoms with Gasteiger partial charge in [0.1, 0.15) is 0 Å². The Bertz CT molecular complexity index is 532. The van der Waals surface area contributed by atoms with E-state index in [1.165, 1.54) is 19.3 Å². The van der Waals surface area contributed by atoms with Crippen molar-refractivity contribution in [1.82, 2.24) is 0 Å². The second-order valence-electron chi connectivity index (χ2n) is 6.72. The van der Waals surface area contributed by atoms with E-state index in [1.807, 2.05) is 0 Å². The number of hydrogen-bond acceptors (Lipinski definition) is 6. The van der Waals surface area contributed by atoms with Crippen molar-refractivity contribution in [1.29, 1.82) is 0 Å². The van der Waals surface area contributed by atoms with Gasteiger partial charge in [-0.3, -0.25) is 0 Å². The maximum absolute atomic E-state index is 12.0. The van der Waals surface area contributed by atoms with Gasteiger partial charge in [-0.15, -0.1) is 0 Å². The summed E-state index contributed by atoms with van der Waals surface area (Å²) in [6.07, 6.45) is 5.12. The van der Waals surface area contributed by atoms with Crippen molar-refractivity contribution in [2.24, 2.45) is 11.7 Å². The highest BCUT2D eigenvalue weighted by Gasteiger charge is 2.42. The van der Waals surface area contributed by atoms with Gasteiger partial charge in [-0.1, -0.05) is 32.1 Å². The van der Waals surface area contributed by atoms with Gasteiger partial charge in [0.05, 0.1) is 17.6 Å². The van der Waals surface area contributed by atoms with E-state index >= 15 is 0 Å². The third-order valence-corrected chi connectivity index (χ3v) is 10.4. The molecule has 2 aliphatic rings. The van der Waals surface area contributed by atoms with E-state index in [4.69, 9.17) is 5.73 Å². The number of rotatable bonds is 5. The van der Waals surface area contributed by atoms with Crippen molar-refractivity contribution in [2.75, 3.05) is 11.5 Å². The number of hydrogen-bond donors (Lipinski definition) is 2. The van der Waals surface area contributed by atoms with Crippen LogP contribution in [0.2, 0.25) is 0 Å². The molecule has 0 spiro atoms. The fraction of sp³-hybridized carbons (Fsp3) is 1.00. The first kappa shape index (κ1) is 18.2. The van der Waals surface area contributed by atoms with Crippen molar-refractivity contribution in [2.45, 2.75) is 68.1 Å². The standard InChI is InChI=1S/C14H27NO5S2/c15-12(9-11-5-2-1-3-6-11)13(16)10-14-21(17,18)7-4-8-22(14,19)20/h11-14,16H,1-10,15H2/t12-,13-/m0/s1. The third kappa shape index (κ3) is 4.43. The Labute approximate surface area is 133 Å². The molecule has 0 unspecified atom stereocenters. The average molecular weight is 354 g/mol. The fourth-order valence-corrected chi connectivity index (χ4v) is 8.72. The summed E-state index contributed by atoms with van der Waals surface area (Å²) in [4.78, 5) is 0. The molecule has 130 valence electrons. The Morgan fingerprint density at radius 2 is 1.45 bits per heavy atom. The van der Waals surface area contributed by atoms with Crippen LogP contribution in [0.3, 0.4) is 0 Å². The van der Waals surface area contributed by atoms with Crippen LogP contribution >= 0.6 is 0 Å². The lowest BCUT2D eigenvalue weighted by Gasteiger charge is -2.30. The number of aliphatic hydroxyl groups excluding tert-OH is 1. The maximum atomic E-state index is 12.0. The Kier molecular flexibility index (Phi) is 5.90. The average Bonchev–Trinajstić information content (AvgIpc) is 2.43. The molecule has 0 aromatic carbocycles. The van der Waals surface area contributed by atoms with Gasteiger partial charge in [0.25, 0.3) is 0 Å². The second-order valence-corrected chi connectivity index (χ2v) is 11.6. The van der Waals surface area contributed by atoms with Crippen LogP contribution in [0.5, 0.6) is 0 Å². The zero-order chi connectivity index (χ0) is 16.4. The lowest BCUT2D eigenvalue weighted by molar-refractivity contribution is 0.121. The predicted octanol–water partition coefficient (Wildman–Crippen LogP) is 0.595. The van der Waals surface area contributed by atoms with E-state index in [1.54, 1.807) is 0 Å². The molecule has 0 amide bonds. The van der Waals surface area contributed by atoms with Crippen LogP contribution in [0.4, 0.5) is 0 Å². The summed E-state index contributed by atoms with van der Waals surface area (Å²) in [5.41, 5.74) is 6.00. The van der Waals surface area contributed by atoms with E-state index < -0.39 is 36.4 Å². The van der Waals surface area contributed by atoms with Crippen LogP contribution in [0.15, 0.2) is 0 Å². The lowest BCUT2D eigenvalue weighted by Crippen LogP contribution is -2.45. The zero-order valence-corrected chi connectivity index (χ0v) is 14.5. The molecular formula is C14H27NO5S2. The van der Waals surface area contributed by atoms with E-state index in [0.717, 1.165) is 12.8 Å². The minimum atomic E-state index is -3.70. The summed E-state index contributed by atoms with van der Waals surface area (Å²) < 4.78 is 46.6. The topological polar surface area (TPSA) is 115 Å². The fourth-order valence-electron chi connectivity index (χ4n) is 3.58. The molecule has 1 saturated heterocycles. The molecule has 1 aliphatic heterocycles. The molecule has 22 heavy (non-hydrogen) atoms. The van der Waals surface area contributed by atoms with Gasteiger partial charge in [-0.05, 0) is 18.8 Å². The van der Waals surface area contributed by atoms with Crippen molar-refractivity contribution < 1.29 is 21.9 Å². The van der Waals surface area contributed by atoms with E-state index in [0.29, 0.717) is 12.3 Å². The van der Waals surface area contributed by atoms with Crippen molar-refractivity contribution in [3.63, 3.8) is 0 Å². The minimum absolute atomic E-state index is 0.124. The Morgan fingerprint density at radius 1 is 0.909 bits per heavy atom. The number of aliphatic hydroxyl groups is 1. The molecule has 8 heteroatoms. The molecule has 0 bridgehead atoms. The predicted molar refractivity (Wildman–Crippen MR) is 85.8 cm³/mol. The maximum Gasteiger partial charge on any atom is 0.167 e. The zero-order valence-electron chi connectivity index (χ0n) is 12.9. The second kappa shape index (κ2) is 7.15. The minimum Gasteiger partial charge on any atom is -0.391 e. The van der Waals surface area contributed by atoms with Crippen molar-refractivity contribution in [3.05, 3.63) is 0 Å². The molecule has 0 aromatic rings. The Morgan fingerprint density at radius 3 is 2.00 bits per heavy atom. The highest BCUT2D eigenvalue weighted by Crippen LogP contribution is 2.29. The quantitative estimate of drug-likeness (QED) is 0.748. The molecule has 1 saturated carbocycles. The van der Waals surface area contributed by atoms with Gasteiger partial charge in [0.15, 0.2) is 24.3 Å². The summed E-state index contributed by atoms with van der Waals surface area (Å²) in [5.74, 6) is 0.209. The first-order valence-corrected chi connectivity index (χ1v) is 11.5. The SMILES string of the molecule is N[C@@H](CC1CCCCC1)[C@@H](O)CC1S(=O)(=O)CCCS1(=O)=O. The van der Waals surface area contributed by atoms with Crippen molar-refractivity contribution in [3.8, 4) is 0 Å². The highest BCUT2D eigenvalue weighted by atomic mass is 32.3. The molecule has 0 radical (unpaired) electrons. The molecule has 6 nitrogen and oxygen atoms in total. The third-order valence-electron chi connectivity index (χ3n) is 4.92. The van der Waals surface area contributed by atoms with Gasteiger partial charge >= 0.3 is 0 Å². The summed E-state index contributed by atoms with van der Waals surface area (Å²) in [6.45, 7) is 0. The van der Waals surface area contributed by atoms with Crippen LogP contribution in [0.1, 0.15) is 51.4 Å². The normalized spacial score (nSPS) is 29.0. The summed E-state index contributed by atoms with van der Waals surface area (Å²) in [7, 11) is -7.39. The van der Waals surface area contributed by atoms with E-state index in [-0.39, 0.29) is 24.3 Å². The van der Waals surface area contributed by atoms with Crippen LogP contribution in [-0.2, 0) is 19.7 Å². The summed E-state index contributed by atoms with van der Waals surface area (Å²) >= 11 is 0. The van der Waals surface area contributed by atoms with Gasteiger partial charge in [0.2, 0.25) is 0 Å². The van der Waals surface area contributed by atoms with E-state index in [9.17, 15) is 21.9 Å². The van der Waals surface area contributed by atoms with Gasteiger partial charge in [-0.25, -0.2) is 16.8 Å². The molecule has 3 N–H and O–H groups in total. The largest absolute Gasteiger partial charge is 0.391 e. The van der Waals surface area contributed by atoms with Crippen LogP contribution in [0, 0.1) is 5.92 Å². The first-order chi connectivity index (χ1) is 10.2. The number of sulfone groups is 2. The summed E-state index contributed by atoms with van der Waals surface area (Å²) in [6, 6.07) is -0.560. The smallest absolute Gasteiger partial charge is 0.167 e. The van der Waals surface area contributed by atoms with Crippen LogP contribution in [-0.4, -0.2) is 50.2 Å². The Hall–Kier alpha value is -0.180. The molecular weight excluding hydrogens is 326 g/mol. The number of nitrogens with two attached hydrogens (primary N) is 1. The van der Waals surface area contributed by atoms with E-state index in [2.05, 4.69) is 0 Å². The lowest BCUT2D eigenvalue weighted by atomic mass is 9.83.